The highest BCUT2D eigenvalue weighted by atomic mass is 35.5. The summed E-state index contributed by atoms with van der Waals surface area (Å²) in [7, 11) is 0. The molecule has 0 bridgehead atoms. The van der Waals surface area contributed by atoms with Crippen molar-refractivity contribution in [2.24, 2.45) is 0 Å². The average Bonchev–Trinajstić information content (AvgIpc) is 2.40. The first kappa shape index (κ1) is 16.2. The lowest BCUT2D eigenvalue weighted by molar-refractivity contribution is -0.121. The van der Waals surface area contributed by atoms with Gasteiger partial charge in [0.05, 0.1) is 10.6 Å². The summed E-state index contributed by atoms with van der Waals surface area (Å²) in [5.41, 5.74) is -0.0202. The van der Waals surface area contributed by atoms with Crippen LogP contribution in [0, 0.1) is 0 Å². The van der Waals surface area contributed by atoms with Gasteiger partial charge in [0.2, 0.25) is 5.91 Å². The predicted molar refractivity (Wildman–Crippen MR) is 77.2 cm³/mol. The largest absolute Gasteiger partial charge is 0.478 e. The highest BCUT2D eigenvalue weighted by Crippen LogP contribution is 2.17. The molecule has 0 radical (unpaired) electrons. The van der Waals surface area contributed by atoms with Crippen LogP contribution in [0.4, 0.5) is 5.82 Å². The van der Waals surface area contributed by atoms with Crippen molar-refractivity contribution in [2.75, 3.05) is 11.9 Å². The number of carbonyl (C=O) groups excluding carboxylic acids is 1. The Bertz CT molecular complexity index is 494. The second-order valence-corrected chi connectivity index (χ2v) is 4.82. The van der Waals surface area contributed by atoms with Crippen molar-refractivity contribution in [1.29, 1.82) is 0 Å². The van der Waals surface area contributed by atoms with Crippen molar-refractivity contribution < 1.29 is 14.7 Å². The maximum absolute atomic E-state index is 11.5. The SMILES string of the molecule is CCC(C)NC(=O)CCNc1cc(C(=O)O)c(Cl)cn1. The number of carboxylic acids is 1. The van der Waals surface area contributed by atoms with E-state index in [1.807, 2.05) is 13.8 Å². The zero-order valence-corrected chi connectivity index (χ0v) is 12.2. The maximum atomic E-state index is 11.5. The van der Waals surface area contributed by atoms with Gasteiger partial charge in [0.25, 0.3) is 0 Å². The molecule has 0 saturated heterocycles. The number of hydrogen-bond acceptors (Lipinski definition) is 4. The van der Waals surface area contributed by atoms with E-state index in [9.17, 15) is 9.59 Å². The van der Waals surface area contributed by atoms with Gasteiger partial charge in [0.1, 0.15) is 5.82 Å². The number of carbonyl (C=O) groups is 2. The Kier molecular flexibility index (Phi) is 6.24. The molecule has 1 aromatic rings. The molecule has 1 atom stereocenters. The zero-order valence-electron chi connectivity index (χ0n) is 11.4. The number of aromatic carboxylic acids is 1. The van der Waals surface area contributed by atoms with Crippen LogP contribution in [0.1, 0.15) is 37.0 Å². The monoisotopic (exact) mass is 299 g/mol. The van der Waals surface area contributed by atoms with Gasteiger partial charge in [-0.05, 0) is 19.4 Å². The first-order valence-electron chi connectivity index (χ1n) is 6.36. The standard InChI is InChI=1S/C13H18ClN3O3/c1-3-8(2)17-12(18)4-5-15-11-6-9(13(19)20)10(14)7-16-11/h6-8H,3-5H2,1-2H3,(H,15,16)(H,17,18)(H,19,20). The van der Waals surface area contributed by atoms with Gasteiger partial charge in [-0.3, -0.25) is 4.79 Å². The molecule has 1 heterocycles. The third-order valence-corrected chi connectivity index (χ3v) is 3.06. The van der Waals surface area contributed by atoms with Crippen molar-refractivity contribution in [3.05, 3.63) is 22.8 Å². The lowest BCUT2D eigenvalue weighted by atomic mass is 10.2. The van der Waals surface area contributed by atoms with Crippen LogP contribution in [-0.4, -0.2) is 34.6 Å². The van der Waals surface area contributed by atoms with Crippen LogP contribution in [0.25, 0.3) is 0 Å². The van der Waals surface area contributed by atoms with Gasteiger partial charge < -0.3 is 15.7 Å². The van der Waals surface area contributed by atoms with E-state index in [1.165, 1.54) is 12.3 Å². The molecule has 0 aliphatic carbocycles. The van der Waals surface area contributed by atoms with E-state index < -0.39 is 5.97 Å². The predicted octanol–water partition coefficient (Wildman–Crippen LogP) is 2.15. The fourth-order valence-electron chi connectivity index (χ4n) is 1.45. The summed E-state index contributed by atoms with van der Waals surface area (Å²) >= 11 is 5.71. The molecule has 6 nitrogen and oxygen atoms in total. The van der Waals surface area contributed by atoms with Gasteiger partial charge in [0.15, 0.2) is 0 Å². The van der Waals surface area contributed by atoms with Crippen LogP contribution in [0.15, 0.2) is 12.3 Å². The van der Waals surface area contributed by atoms with Crippen LogP contribution >= 0.6 is 11.6 Å². The minimum Gasteiger partial charge on any atom is -0.478 e. The summed E-state index contributed by atoms with van der Waals surface area (Å²) in [6, 6.07) is 1.49. The summed E-state index contributed by atoms with van der Waals surface area (Å²) in [6.45, 7) is 4.30. The lowest BCUT2D eigenvalue weighted by Crippen LogP contribution is -2.33. The fraction of sp³-hybridized carbons (Fsp3) is 0.462. The van der Waals surface area contributed by atoms with Crippen molar-refractivity contribution in [3.8, 4) is 0 Å². The number of pyridine rings is 1. The Morgan fingerprint density at radius 2 is 2.20 bits per heavy atom. The van der Waals surface area contributed by atoms with Crippen LogP contribution in [0.2, 0.25) is 5.02 Å². The molecular weight excluding hydrogens is 282 g/mol. The van der Waals surface area contributed by atoms with Crippen molar-refractivity contribution in [1.82, 2.24) is 10.3 Å². The Morgan fingerprint density at radius 3 is 2.80 bits per heavy atom. The van der Waals surface area contributed by atoms with Gasteiger partial charge in [-0.15, -0.1) is 0 Å². The topological polar surface area (TPSA) is 91.3 Å². The molecule has 110 valence electrons. The second kappa shape index (κ2) is 7.69. The summed E-state index contributed by atoms with van der Waals surface area (Å²) < 4.78 is 0. The summed E-state index contributed by atoms with van der Waals surface area (Å²) in [6.07, 6.45) is 2.43. The quantitative estimate of drug-likeness (QED) is 0.717. The molecular formula is C13H18ClN3O3. The third-order valence-electron chi connectivity index (χ3n) is 2.76. The Morgan fingerprint density at radius 1 is 1.50 bits per heavy atom. The van der Waals surface area contributed by atoms with E-state index in [0.29, 0.717) is 12.4 Å². The van der Waals surface area contributed by atoms with E-state index in [-0.39, 0.29) is 29.0 Å². The van der Waals surface area contributed by atoms with Crippen LogP contribution < -0.4 is 10.6 Å². The van der Waals surface area contributed by atoms with Crippen LogP contribution in [0.5, 0.6) is 0 Å². The van der Waals surface area contributed by atoms with Gasteiger partial charge in [-0.25, -0.2) is 9.78 Å². The van der Waals surface area contributed by atoms with Crippen molar-refractivity contribution in [2.45, 2.75) is 32.7 Å². The number of anilines is 1. The van der Waals surface area contributed by atoms with E-state index in [4.69, 9.17) is 16.7 Å². The number of rotatable bonds is 7. The Hall–Kier alpha value is -1.82. The number of nitrogens with one attached hydrogen (secondary N) is 2. The zero-order chi connectivity index (χ0) is 15.1. The molecule has 20 heavy (non-hydrogen) atoms. The number of carboxylic acid groups (broad SMARTS) is 1. The molecule has 1 unspecified atom stereocenters. The molecule has 0 fully saturated rings. The molecule has 0 aliphatic rings. The normalized spacial score (nSPS) is 11.8. The maximum Gasteiger partial charge on any atom is 0.337 e. The summed E-state index contributed by atoms with van der Waals surface area (Å²) in [5, 5.41) is 14.7. The molecule has 0 saturated carbocycles. The molecule has 7 heteroatoms. The molecule has 1 amide bonds. The smallest absolute Gasteiger partial charge is 0.337 e. The van der Waals surface area contributed by atoms with Gasteiger partial charge in [0, 0.05) is 25.2 Å². The highest BCUT2D eigenvalue weighted by Gasteiger charge is 2.10. The number of hydrogen-bond donors (Lipinski definition) is 3. The Balaban J connectivity index is 2.48. The molecule has 1 aromatic heterocycles. The van der Waals surface area contributed by atoms with E-state index in [2.05, 4.69) is 15.6 Å². The number of nitrogens with zero attached hydrogens (tertiary/aromatic N) is 1. The van der Waals surface area contributed by atoms with Crippen LogP contribution in [0.3, 0.4) is 0 Å². The van der Waals surface area contributed by atoms with E-state index in [0.717, 1.165) is 6.42 Å². The molecule has 1 rings (SSSR count). The molecule has 0 aromatic carbocycles. The van der Waals surface area contributed by atoms with Crippen molar-refractivity contribution in [3.63, 3.8) is 0 Å². The number of halogens is 1. The first-order valence-corrected chi connectivity index (χ1v) is 6.74. The number of amides is 1. The lowest BCUT2D eigenvalue weighted by Gasteiger charge is -2.12. The molecule has 0 aliphatic heterocycles. The average molecular weight is 300 g/mol. The van der Waals surface area contributed by atoms with Gasteiger partial charge in [-0.2, -0.15) is 0 Å². The van der Waals surface area contributed by atoms with Gasteiger partial charge >= 0.3 is 5.97 Å². The van der Waals surface area contributed by atoms with Crippen molar-refractivity contribution >= 4 is 29.3 Å². The third kappa shape index (κ3) is 5.05. The Labute approximate surface area is 122 Å². The second-order valence-electron chi connectivity index (χ2n) is 4.41. The van der Waals surface area contributed by atoms with Crippen LogP contribution in [-0.2, 0) is 4.79 Å². The minimum atomic E-state index is -1.12. The molecule has 0 spiro atoms. The fourth-order valence-corrected chi connectivity index (χ4v) is 1.64. The van der Waals surface area contributed by atoms with E-state index >= 15 is 0 Å². The van der Waals surface area contributed by atoms with E-state index in [1.54, 1.807) is 0 Å². The molecule has 3 N–H and O–H groups in total. The number of aromatic nitrogens is 1. The summed E-state index contributed by atoms with van der Waals surface area (Å²) in [5.74, 6) is -0.794. The highest BCUT2D eigenvalue weighted by molar-refractivity contribution is 6.33. The minimum absolute atomic E-state index is 0.0202. The first-order chi connectivity index (χ1) is 9.43. The summed E-state index contributed by atoms with van der Waals surface area (Å²) in [4.78, 5) is 26.4. The van der Waals surface area contributed by atoms with Gasteiger partial charge in [-0.1, -0.05) is 18.5 Å².